The van der Waals surface area contributed by atoms with Crippen LogP contribution in [0.25, 0.3) is 0 Å². The highest BCUT2D eigenvalue weighted by Gasteiger charge is 2.41. The smallest absolute Gasteiger partial charge is 0.324 e. The lowest BCUT2D eigenvalue weighted by Gasteiger charge is -2.29. The van der Waals surface area contributed by atoms with Crippen molar-refractivity contribution in [1.29, 1.82) is 0 Å². The number of nitrogens with one attached hydrogen (secondary N) is 1. The first kappa shape index (κ1) is 17.4. The molecule has 0 aromatic heterocycles. The number of hydrogen-bond acceptors (Lipinski definition) is 4. The van der Waals surface area contributed by atoms with Gasteiger partial charge in [0.25, 0.3) is 0 Å². The van der Waals surface area contributed by atoms with Crippen LogP contribution in [0, 0.1) is 0 Å². The van der Waals surface area contributed by atoms with E-state index < -0.39 is 21.5 Å². The number of sulfonamides is 1. The summed E-state index contributed by atoms with van der Waals surface area (Å²) in [4.78, 5) is 11.5. The van der Waals surface area contributed by atoms with Crippen LogP contribution in [0.2, 0.25) is 0 Å². The number of carboxylic acid groups (broad SMARTS) is 1. The van der Waals surface area contributed by atoms with E-state index in [9.17, 15) is 18.3 Å². The van der Waals surface area contributed by atoms with Crippen LogP contribution in [-0.2, 0) is 19.6 Å². The molecule has 0 aliphatic heterocycles. The summed E-state index contributed by atoms with van der Waals surface area (Å²) in [5, 5.41) is 9.43. The highest BCUT2D eigenvalue weighted by atomic mass is 32.2. The summed E-state index contributed by atoms with van der Waals surface area (Å²) in [6, 6.07) is 0. The molecule has 0 radical (unpaired) electrons. The van der Waals surface area contributed by atoms with E-state index in [1.54, 1.807) is 0 Å². The largest absolute Gasteiger partial charge is 0.480 e. The summed E-state index contributed by atoms with van der Waals surface area (Å²) >= 11 is 0. The van der Waals surface area contributed by atoms with Gasteiger partial charge in [-0.3, -0.25) is 4.79 Å². The fourth-order valence-electron chi connectivity index (χ4n) is 2.43. The number of hydrogen-bond donors (Lipinski definition) is 2. The first-order chi connectivity index (χ1) is 9.27. The molecule has 0 bridgehead atoms. The van der Waals surface area contributed by atoms with Gasteiger partial charge in [-0.25, -0.2) is 8.42 Å². The first-order valence-corrected chi connectivity index (χ1v) is 8.79. The normalized spacial score (nSPS) is 19.8. The molecule has 1 saturated carbocycles. The van der Waals surface area contributed by atoms with E-state index in [1.165, 1.54) is 0 Å². The molecule has 0 saturated heterocycles. The van der Waals surface area contributed by atoms with Crippen molar-refractivity contribution in [3.63, 3.8) is 0 Å². The minimum absolute atomic E-state index is 0.0449. The summed E-state index contributed by atoms with van der Waals surface area (Å²) in [5.41, 5.74) is -1.34. The predicted molar refractivity (Wildman–Crippen MR) is 76.1 cm³/mol. The Morgan fingerprint density at radius 1 is 1.25 bits per heavy atom. The zero-order chi connectivity index (χ0) is 15.2. The lowest BCUT2D eigenvalue weighted by Crippen LogP contribution is -2.54. The lowest BCUT2D eigenvalue weighted by atomic mass is 9.92. The third-order valence-electron chi connectivity index (χ3n) is 3.52. The number of aliphatic carboxylic acids is 1. The lowest BCUT2D eigenvalue weighted by molar-refractivity contribution is -0.144. The zero-order valence-electron chi connectivity index (χ0n) is 12.2. The van der Waals surface area contributed by atoms with Gasteiger partial charge in [-0.2, -0.15) is 4.72 Å². The highest BCUT2D eigenvalue weighted by Crippen LogP contribution is 2.28. The van der Waals surface area contributed by atoms with Crippen molar-refractivity contribution in [2.24, 2.45) is 0 Å². The quantitative estimate of drug-likeness (QED) is 0.695. The van der Waals surface area contributed by atoms with Gasteiger partial charge in [0.2, 0.25) is 10.0 Å². The number of ether oxygens (including phenoxy) is 1. The van der Waals surface area contributed by atoms with Crippen molar-refractivity contribution in [3.8, 4) is 0 Å². The van der Waals surface area contributed by atoms with E-state index in [1.807, 2.05) is 13.8 Å². The van der Waals surface area contributed by atoms with Crippen molar-refractivity contribution < 1.29 is 23.1 Å². The molecule has 0 heterocycles. The molecule has 0 atom stereocenters. The van der Waals surface area contributed by atoms with Gasteiger partial charge < -0.3 is 9.84 Å². The average Bonchev–Trinajstić information content (AvgIpc) is 2.54. The molecule has 118 valence electrons. The fourth-order valence-corrected chi connectivity index (χ4v) is 3.74. The second kappa shape index (κ2) is 7.38. The van der Waals surface area contributed by atoms with Crippen LogP contribution < -0.4 is 4.72 Å². The Morgan fingerprint density at radius 2 is 1.80 bits per heavy atom. The second-order valence-electron chi connectivity index (χ2n) is 5.64. The molecule has 1 aliphatic carbocycles. The Kier molecular flexibility index (Phi) is 6.42. The van der Waals surface area contributed by atoms with E-state index in [0.29, 0.717) is 12.8 Å². The van der Waals surface area contributed by atoms with Crippen LogP contribution in [0.1, 0.15) is 52.4 Å². The van der Waals surface area contributed by atoms with Gasteiger partial charge in [0.15, 0.2) is 0 Å². The average molecular weight is 307 g/mol. The number of carbonyl (C=O) groups is 1. The maximum atomic E-state index is 12.0. The van der Waals surface area contributed by atoms with Crippen molar-refractivity contribution in [2.75, 3.05) is 12.4 Å². The third kappa shape index (κ3) is 5.38. The molecule has 1 rings (SSSR count). The van der Waals surface area contributed by atoms with Gasteiger partial charge in [-0.15, -0.1) is 0 Å². The van der Waals surface area contributed by atoms with E-state index in [0.717, 1.165) is 25.7 Å². The van der Waals surface area contributed by atoms with Crippen LogP contribution >= 0.6 is 0 Å². The summed E-state index contributed by atoms with van der Waals surface area (Å²) in [6.45, 7) is 3.72. The molecule has 0 spiro atoms. The molecule has 1 fully saturated rings. The summed E-state index contributed by atoms with van der Waals surface area (Å²) in [6.07, 6.45) is 4.03. The van der Waals surface area contributed by atoms with E-state index in [4.69, 9.17) is 4.74 Å². The fraction of sp³-hybridized carbons (Fsp3) is 0.923. The van der Waals surface area contributed by atoms with Crippen molar-refractivity contribution in [2.45, 2.75) is 64.0 Å². The summed E-state index contributed by atoms with van der Waals surface area (Å²) in [5.74, 6) is -1.28. The second-order valence-corrected chi connectivity index (χ2v) is 7.48. The van der Waals surface area contributed by atoms with Gasteiger partial charge >= 0.3 is 5.97 Å². The molecule has 0 unspecified atom stereocenters. The zero-order valence-corrected chi connectivity index (χ0v) is 13.0. The van der Waals surface area contributed by atoms with E-state index in [2.05, 4.69) is 4.72 Å². The van der Waals surface area contributed by atoms with Crippen molar-refractivity contribution in [3.05, 3.63) is 0 Å². The van der Waals surface area contributed by atoms with Gasteiger partial charge in [-0.1, -0.05) is 25.7 Å². The Labute approximate surface area is 120 Å². The molecule has 0 amide bonds. The van der Waals surface area contributed by atoms with E-state index in [-0.39, 0.29) is 18.5 Å². The molecule has 7 heteroatoms. The Bertz CT molecular complexity index is 410. The maximum absolute atomic E-state index is 12.0. The van der Waals surface area contributed by atoms with Gasteiger partial charge in [0.05, 0.1) is 18.5 Å². The number of rotatable bonds is 7. The molecule has 6 nitrogen and oxygen atoms in total. The van der Waals surface area contributed by atoms with E-state index >= 15 is 0 Å². The minimum atomic E-state index is -3.65. The number of carboxylic acids is 1. The van der Waals surface area contributed by atoms with Crippen LogP contribution in [-0.4, -0.2) is 43.5 Å². The van der Waals surface area contributed by atoms with Crippen LogP contribution in [0.3, 0.4) is 0 Å². The summed E-state index contributed by atoms with van der Waals surface area (Å²) < 4.78 is 31.7. The van der Waals surface area contributed by atoms with Crippen LogP contribution in [0.4, 0.5) is 0 Å². The van der Waals surface area contributed by atoms with Crippen molar-refractivity contribution >= 4 is 16.0 Å². The molecular weight excluding hydrogens is 282 g/mol. The molecule has 2 N–H and O–H groups in total. The molecule has 0 aromatic carbocycles. The molecule has 20 heavy (non-hydrogen) atoms. The molecule has 1 aliphatic rings. The topological polar surface area (TPSA) is 92.7 Å². The van der Waals surface area contributed by atoms with Gasteiger partial charge in [-0.05, 0) is 26.7 Å². The Hall–Kier alpha value is -0.660. The van der Waals surface area contributed by atoms with Crippen molar-refractivity contribution in [1.82, 2.24) is 4.72 Å². The van der Waals surface area contributed by atoms with Crippen LogP contribution in [0.5, 0.6) is 0 Å². The standard InChI is InChI=1S/C13H25NO5S/c1-11(2)19-9-10-20(17,18)14-13(12(15)16)7-5-3-4-6-8-13/h11,14H,3-10H2,1-2H3,(H,15,16). The predicted octanol–water partition coefficient (Wildman–Crippen LogP) is 1.51. The maximum Gasteiger partial charge on any atom is 0.324 e. The van der Waals surface area contributed by atoms with Gasteiger partial charge in [0.1, 0.15) is 5.54 Å². The van der Waals surface area contributed by atoms with Crippen LogP contribution in [0.15, 0.2) is 0 Å². The SMILES string of the molecule is CC(C)OCCS(=O)(=O)NC1(C(=O)O)CCCCCC1. The molecular formula is C13H25NO5S. The Morgan fingerprint density at radius 3 is 2.25 bits per heavy atom. The summed E-state index contributed by atoms with van der Waals surface area (Å²) in [7, 11) is -3.65. The Balaban J connectivity index is 2.71. The monoisotopic (exact) mass is 307 g/mol. The molecule has 0 aromatic rings. The minimum Gasteiger partial charge on any atom is -0.480 e. The first-order valence-electron chi connectivity index (χ1n) is 7.14. The highest BCUT2D eigenvalue weighted by molar-refractivity contribution is 7.89. The van der Waals surface area contributed by atoms with Gasteiger partial charge in [0, 0.05) is 0 Å². The third-order valence-corrected chi connectivity index (χ3v) is 4.93.